The van der Waals surface area contributed by atoms with Crippen molar-refractivity contribution in [2.24, 2.45) is 0 Å². The quantitative estimate of drug-likeness (QED) is 0.895. The maximum atomic E-state index is 13.2. The summed E-state index contributed by atoms with van der Waals surface area (Å²) in [6.07, 6.45) is 3.33. The summed E-state index contributed by atoms with van der Waals surface area (Å²) in [6.45, 7) is 2.65. The summed E-state index contributed by atoms with van der Waals surface area (Å²) in [5.41, 5.74) is 1.80. The van der Waals surface area contributed by atoms with Gasteiger partial charge in [-0.2, -0.15) is 0 Å². The summed E-state index contributed by atoms with van der Waals surface area (Å²) in [5.74, 6) is -3.18. The molecule has 0 aromatic heterocycles. The number of nitrogens with one attached hydrogen (secondary N) is 2. The van der Waals surface area contributed by atoms with E-state index < -0.39 is 30.8 Å². The van der Waals surface area contributed by atoms with Crippen LogP contribution >= 0.6 is 0 Å². The maximum absolute atomic E-state index is 13.2. The topological polar surface area (TPSA) is 44.4 Å². The first-order valence-corrected chi connectivity index (χ1v) is 8.25. The molecular weight excluding hydrogens is 300 g/mol. The van der Waals surface area contributed by atoms with Gasteiger partial charge in [-0.15, -0.1) is 0 Å². The second-order valence-electron chi connectivity index (χ2n) is 6.52. The van der Waals surface area contributed by atoms with E-state index in [0.29, 0.717) is 5.69 Å². The van der Waals surface area contributed by atoms with Gasteiger partial charge in [-0.05, 0) is 43.6 Å². The number of benzene rings is 1. The van der Waals surface area contributed by atoms with Gasteiger partial charge in [0.2, 0.25) is 5.91 Å². The van der Waals surface area contributed by atoms with Crippen molar-refractivity contribution >= 4 is 11.6 Å². The fourth-order valence-electron chi connectivity index (χ4n) is 3.25. The number of anilines is 1. The standard InChI is InChI=1S/C17H23F2N3O/c18-17(19)10-15(20-12-17)16(23)21-14-6-4-5-13(9-14)11-22-7-2-1-3-8-22/h4-6,9,15,20H,1-3,7-8,10-12H2,(H,21,23). The molecule has 4 nitrogen and oxygen atoms in total. The predicted molar refractivity (Wildman–Crippen MR) is 85.6 cm³/mol. The molecule has 2 saturated heterocycles. The van der Waals surface area contributed by atoms with Crippen molar-refractivity contribution in [3.63, 3.8) is 0 Å². The summed E-state index contributed by atoms with van der Waals surface area (Å²) in [4.78, 5) is 14.5. The van der Waals surface area contributed by atoms with Crippen LogP contribution in [0.3, 0.4) is 0 Å². The number of alkyl halides is 2. The molecule has 1 amide bonds. The molecule has 1 aromatic carbocycles. The highest BCUT2D eigenvalue weighted by Gasteiger charge is 2.42. The van der Waals surface area contributed by atoms with Crippen LogP contribution in [0.2, 0.25) is 0 Å². The number of carbonyl (C=O) groups excluding carboxylic acids is 1. The normalized spacial score (nSPS) is 24.5. The third-order valence-electron chi connectivity index (χ3n) is 4.48. The van der Waals surface area contributed by atoms with E-state index in [4.69, 9.17) is 0 Å². The zero-order chi connectivity index (χ0) is 16.3. The van der Waals surface area contributed by atoms with Crippen LogP contribution in [0.4, 0.5) is 14.5 Å². The Bertz CT molecular complexity index is 559. The summed E-state index contributed by atoms with van der Waals surface area (Å²) in [7, 11) is 0. The molecule has 2 aliphatic heterocycles. The molecule has 1 unspecified atom stereocenters. The molecule has 0 spiro atoms. The SMILES string of the molecule is O=C(Nc1cccc(CN2CCCCC2)c1)C1CC(F)(F)CN1. The molecule has 0 saturated carbocycles. The fraction of sp³-hybridized carbons (Fsp3) is 0.588. The number of rotatable bonds is 4. The largest absolute Gasteiger partial charge is 0.325 e. The first-order valence-electron chi connectivity index (χ1n) is 8.25. The lowest BCUT2D eigenvalue weighted by Gasteiger charge is -2.26. The highest BCUT2D eigenvalue weighted by atomic mass is 19.3. The van der Waals surface area contributed by atoms with Gasteiger partial charge in [0.05, 0.1) is 12.6 Å². The Morgan fingerprint density at radius 1 is 1.30 bits per heavy atom. The van der Waals surface area contributed by atoms with Crippen molar-refractivity contribution < 1.29 is 13.6 Å². The van der Waals surface area contributed by atoms with Crippen molar-refractivity contribution in [1.29, 1.82) is 0 Å². The van der Waals surface area contributed by atoms with Crippen LogP contribution in [0.15, 0.2) is 24.3 Å². The van der Waals surface area contributed by atoms with E-state index in [0.717, 1.165) is 25.2 Å². The minimum Gasteiger partial charge on any atom is -0.325 e. The summed E-state index contributed by atoms with van der Waals surface area (Å²) in [6, 6.07) is 6.83. The van der Waals surface area contributed by atoms with Crippen LogP contribution in [-0.2, 0) is 11.3 Å². The van der Waals surface area contributed by atoms with Gasteiger partial charge in [0, 0.05) is 18.7 Å². The molecular formula is C17H23F2N3O. The molecule has 2 N–H and O–H groups in total. The second kappa shape index (κ2) is 6.93. The number of likely N-dealkylation sites (tertiary alicyclic amines) is 1. The van der Waals surface area contributed by atoms with Crippen LogP contribution in [0.1, 0.15) is 31.2 Å². The molecule has 2 aliphatic rings. The Morgan fingerprint density at radius 2 is 2.09 bits per heavy atom. The minimum absolute atomic E-state index is 0.391. The Labute approximate surface area is 135 Å². The van der Waals surface area contributed by atoms with E-state index in [-0.39, 0.29) is 0 Å². The van der Waals surface area contributed by atoms with E-state index in [1.807, 2.05) is 18.2 Å². The van der Waals surface area contributed by atoms with E-state index in [1.54, 1.807) is 6.07 Å². The first kappa shape index (κ1) is 16.3. The Morgan fingerprint density at radius 3 is 2.78 bits per heavy atom. The number of halogens is 2. The van der Waals surface area contributed by atoms with Crippen LogP contribution in [-0.4, -0.2) is 42.4 Å². The number of carbonyl (C=O) groups is 1. The molecule has 23 heavy (non-hydrogen) atoms. The summed E-state index contributed by atoms with van der Waals surface area (Å²) in [5, 5.41) is 5.32. The van der Waals surface area contributed by atoms with E-state index in [9.17, 15) is 13.6 Å². The van der Waals surface area contributed by atoms with Gasteiger partial charge in [0.1, 0.15) is 0 Å². The monoisotopic (exact) mass is 323 g/mol. The van der Waals surface area contributed by atoms with Gasteiger partial charge in [-0.25, -0.2) is 8.78 Å². The van der Waals surface area contributed by atoms with E-state index in [2.05, 4.69) is 15.5 Å². The van der Waals surface area contributed by atoms with Gasteiger partial charge in [-0.3, -0.25) is 15.0 Å². The van der Waals surface area contributed by atoms with Crippen molar-refractivity contribution in [2.45, 2.75) is 44.2 Å². The van der Waals surface area contributed by atoms with Crippen molar-refractivity contribution in [1.82, 2.24) is 10.2 Å². The minimum atomic E-state index is -2.79. The van der Waals surface area contributed by atoms with Crippen molar-refractivity contribution in [2.75, 3.05) is 25.0 Å². The van der Waals surface area contributed by atoms with Crippen LogP contribution in [0.5, 0.6) is 0 Å². The number of piperidine rings is 1. The second-order valence-corrected chi connectivity index (χ2v) is 6.52. The zero-order valence-corrected chi connectivity index (χ0v) is 13.2. The van der Waals surface area contributed by atoms with Crippen LogP contribution < -0.4 is 10.6 Å². The number of amides is 1. The predicted octanol–water partition coefficient (Wildman–Crippen LogP) is 2.61. The van der Waals surface area contributed by atoms with E-state index >= 15 is 0 Å². The molecule has 0 bridgehead atoms. The summed E-state index contributed by atoms with van der Waals surface area (Å²) < 4.78 is 26.3. The number of hydrogen-bond donors (Lipinski definition) is 2. The Hall–Kier alpha value is -1.53. The maximum Gasteiger partial charge on any atom is 0.262 e. The molecule has 0 aliphatic carbocycles. The molecule has 6 heteroatoms. The fourth-order valence-corrected chi connectivity index (χ4v) is 3.25. The lowest BCUT2D eigenvalue weighted by molar-refractivity contribution is -0.118. The van der Waals surface area contributed by atoms with Crippen LogP contribution in [0, 0.1) is 0 Å². The molecule has 1 aromatic rings. The lowest BCUT2D eigenvalue weighted by atomic mass is 10.1. The first-order chi connectivity index (χ1) is 11.0. The number of nitrogens with zero attached hydrogens (tertiary/aromatic N) is 1. The molecule has 0 radical (unpaired) electrons. The van der Waals surface area contributed by atoms with E-state index in [1.165, 1.54) is 19.3 Å². The molecule has 1 atom stereocenters. The molecule has 3 rings (SSSR count). The number of hydrogen-bond acceptors (Lipinski definition) is 3. The molecule has 126 valence electrons. The van der Waals surface area contributed by atoms with Crippen molar-refractivity contribution in [3.05, 3.63) is 29.8 Å². The highest BCUT2D eigenvalue weighted by molar-refractivity contribution is 5.95. The Balaban J connectivity index is 1.57. The van der Waals surface area contributed by atoms with Crippen molar-refractivity contribution in [3.8, 4) is 0 Å². The average molecular weight is 323 g/mol. The molecule has 2 heterocycles. The molecule has 2 fully saturated rings. The third-order valence-corrected chi connectivity index (χ3v) is 4.48. The Kier molecular flexibility index (Phi) is 4.92. The van der Waals surface area contributed by atoms with Gasteiger partial charge < -0.3 is 5.32 Å². The van der Waals surface area contributed by atoms with Gasteiger partial charge in [-0.1, -0.05) is 18.6 Å². The summed E-state index contributed by atoms with van der Waals surface area (Å²) >= 11 is 0. The average Bonchev–Trinajstić information content (AvgIpc) is 2.89. The zero-order valence-electron chi connectivity index (χ0n) is 13.2. The van der Waals surface area contributed by atoms with Crippen LogP contribution in [0.25, 0.3) is 0 Å². The van der Waals surface area contributed by atoms with Gasteiger partial charge >= 0.3 is 0 Å². The third kappa shape index (κ3) is 4.48. The van der Waals surface area contributed by atoms with Gasteiger partial charge in [0.15, 0.2) is 0 Å². The smallest absolute Gasteiger partial charge is 0.262 e. The highest BCUT2D eigenvalue weighted by Crippen LogP contribution is 2.26. The van der Waals surface area contributed by atoms with Gasteiger partial charge in [0.25, 0.3) is 5.92 Å². The lowest BCUT2D eigenvalue weighted by Crippen LogP contribution is -2.35.